The van der Waals surface area contributed by atoms with Crippen molar-refractivity contribution in [3.63, 3.8) is 0 Å². The standard InChI is InChI=1S/C31H36N2O3/c1-6-10-24-14-16-28(30(20-24)34-5)36-21-31-32-26-11-7-8-12-27(26)33(31)17-9-18-35-29-19-23(4)13-15-25(29)22(2)3/h6-8,11-16,19-20,22H,1,9-10,17-18,21H2,2-5H3. The normalized spacial score (nSPS) is 11.1. The van der Waals surface area contributed by atoms with Crippen molar-refractivity contribution in [3.8, 4) is 17.2 Å². The third kappa shape index (κ3) is 5.91. The van der Waals surface area contributed by atoms with E-state index in [9.17, 15) is 0 Å². The molecule has 0 fully saturated rings. The lowest BCUT2D eigenvalue weighted by Gasteiger charge is -2.16. The highest BCUT2D eigenvalue weighted by atomic mass is 16.5. The highest BCUT2D eigenvalue weighted by Crippen LogP contribution is 2.30. The summed E-state index contributed by atoms with van der Waals surface area (Å²) < 4.78 is 20.2. The number of hydrogen-bond acceptors (Lipinski definition) is 4. The first kappa shape index (κ1) is 25.4. The van der Waals surface area contributed by atoms with Crippen molar-refractivity contribution in [2.45, 2.75) is 52.7 Å². The van der Waals surface area contributed by atoms with E-state index in [1.165, 1.54) is 11.1 Å². The molecule has 1 aromatic heterocycles. The molecule has 0 aliphatic rings. The van der Waals surface area contributed by atoms with E-state index in [1.54, 1.807) is 7.11 Å². The topological polar surface area (TPSA) is 45.5 Å². The van der Waals surface area contributed by atoms with Crippen LogP contribution < -0.4 is 14.2 Å². The summed E-state index contributed by atoms with van der Waals surface area (Å²) >= 11 is 0. The Balaban J connectivity index is 1.47. The van der Waals surface area contributed by atoms with Gasteiger partial charge < -0.3 is 18.8 Å². The maximum atomic E-state index is 6.23. The van der Waals surface area contributed by atoms with Crippen LogP contribution >= 0.6 is 0 Å². The number of rotatable bonds is 12. The van der Waals surface area contributed by atoms with E-state index in [0.29, 0.717) is 30.6 Å². The summed E-state index contributed by atoms with van der Waals surface area (Å²) in [7, 11) is 1.66. The zero-order valence-electron chi connectivity index (χ0n) is 21.8. The van der Waals surface area contributed by atoms with Crippen LogP contribution in [-0.2, 0) is 19.6 Å². The van der Waals surface area contributed by atoms with Crippen LogP contribution in [0.2, 0.25) is 0 Å². The van der Waals surface area contributed by atoms with E-state index in [4.69, 9.17) is 19.2 Å². The maximum Gasteiger partial charge on any atom is 0.161 e. The van der Waals surface area contributed by atoms with Crippen molar-refractivity contribution in [2.24, 2.45) is 0 Å². The number of aryl methyl sites for hydroxylation is 2. The molecule has 0 N–H and O–H groups in total. The number of benzene rings is 3. The van der Waals surface area contributed by atoms with E-state index in [1.807, 2.05) is 42.5 Å². The molecular weight excluding hydrogens is 448 g/mol. The number of aromatic nitrogens is 2. The summed E-state index contributed by atoms with van der Waals surface area (Å²) in [6.45, 7) is 12.1. The van der Waals surface area contributed by atoms with Gasteiger partial charge in [0.2, 0.25) is 0 Å². The molecule has 188 valence electrons. The second kappa shape index (κ2) is 11.8. The number of para-hydroxylation sites is 2. The summed E-state index contributed by atoms with van der Waals surface area (Å²) in [6, 6.07) is 20.6. The number of nitrogens with zero attached hydrogens (tertiary/aromatic N) is 2. The van der Waals surface area contributed by atoms with Crippen molar-refractivity contribution in [2.75, 3.05) is 13.7 Å². The monoisotopic (exact) mass is 484 g/mol. The molecule has 0 unspecified atom stereocenters. The van der Waals surface area contributed by atoms with Gasteiger partial charge in [-0.2, -0.15) is 0 Å². The number of allylic oxidation sites excluding steroid dienone is 1. The maximum absolute atomic E-state index is 6.23. The fraction of sp³-hybridized carbons (Fsp3) is 0.323. The lowest BCUT2D eigenvalue weighted by molar-refractivity contribution is 0.266. The van der Waals surface area contributed by atoms with Gasteiger partial charge in [-0.15, -0.1) is 6.58 Å². The molecule has 0 aliphatic carbocycles. The Morgan fingerprint density at radius 2 is 1.81 bits per heavy atom. The third-order valence-corrected chi connectivity index (χ3v) is 6.27. The van der Waals surface area contributed by atoms with Crippen LogP contribution in [-0.4, -0.2) is 23.3 Å². The third-order valence-electron chi connectivity index (χ3n) is 6.27. The molecule has 0 bridgehead atoms. The fourth-order valence-electron chi connectivity index (χ4n) is 4.40. The average molecular weight is 485 g/mol. The van der Waals surface area contributed by atoms with E-state index in [-0.39, 0.29) is 0 Å². The first-order valence-corrected chi connectivity index (χ1v) is 12.6. The minimum Gasteiger partial charge on any atom is -0.493 e. The smallest absolute Gasteiger partial charge is 0.161 e. The number of imidazole rings is 1. The summed E-state index contributed by atoms with van der Waals surface area (Å²) in [5.74, 6) is 3.70. The summed E-state index contributed by atoms with van der Waals surface area (Å²) in [5.41, 5.74) is 5.66. The molecule has 4 rings (SSSR count). The molecule has 0 saturated carbocycles. The van der Waals surface area contributed by atoms with Crippen LogP contribution in [0, 0.1) is 6.92 Å². The molecule has 0 spiro atoms. The van der Waals surface area contributed by atoms with E-state index in [0.717, 1.165) is 47.6 Å². The summed E-state index contributed by atoms with van der Waals surface area (Å²) in [4.78, 5) is 4.86. The van der Waals surface area contributed by atoms with Crippen molar-refractivity contribution < 1.29 is 14.2 Å². The van der Waals surface area contributed by atoms with Crippen LogP contribution in [0.25, 0.3) is 11.0 Å². The van der Waals surface area contributed by atoms with Gasteiger partial charge in [-0.3, -0.25) is 0 Å². The number of ether oxygens (including phenoxy) is 3. The summed E-state index contributed by atoms with van der Waals surface area (Å²) in [5, 5.41) is 0. The second-order valence-electron chi connectivity index (χ2n) is 9.33. The zero-order chi connectivity index (χ0) is 25.5. The highest BCUT2D eigenvalue weighted by molar-refractivity contribution is 5.75. The second-order valence-corrected chi connectivity index (χ2v) is 9.33. The first-order valence-electron chi connectivity index (χ1n) is 12.6. The van der Waals surface area contributed by atoms with Crippen molar-refractivity contribution in [1.82, 2.24) is 9.55 Å². The molecular formula is C31H36N2O3. The molecule has 5 heteroatoms. The van der Waals surface area contributed by atoms with Crippen molar-refractivity contribution in [3.05, 3.63) is 95.8 Å². The minimum absolute atomic E-state index is 0.349. The SMILES string of the molecule is C=CCc1ccc(OCc2nc3ccccc3n2CCCOc2cc(C)ccc2C(C)C)c(OC)c1. The number of fused-ring (bicyclic) bond motifs is 1. The number of hydrogen-bond donors (Lipinski definition) is 0. The number of methoxy groups -OCH3 is 1. The molecule has 3 aromatic carbocycles. The summed E-state index contributed by atoms with van der Waals surface area (Å²) in [6.07, 6.45) is 3.53. The van der Waals surface area contributed by atoms with Crippen LogP contribution in [0.1, 0.15) is 48.7 Å². The van der Waals surface area contributed by atoms with Gasteiger partial charge >= 0.3 is 0 Å². The molecule has 5 nitrogen and oxygen atoms in total. The van der Waals surface area contributed by atoms with E-state index < -0.39 is 0 Å². The van der Waals surface area contributed by atoms with Gasteiger partial charge in [0.15, 0.2) is 11.5 Å². The van der Waals surface area contributed by atoms with Gasteiger partial charge in [-0.05, 0) is 72.7 Å². The van der Waals surface area contributed by atoms with Crippen LogP contribution in [0.5, 0.6) is 17.2 Å². The molecule has 0 aliphatic heterocycles. The van der Waals surface area contributed by atoms with E-state index in [2.05, 4.69) is 56.2 Å². The lowest BCUT2D eigenvalue weighted by atomic mass is 10.0. The minimum atomic E-state index is 0.349. The van der Waals surface area contributed by atoms with Gasteiger partial charge in [-0.1, -0.05) is 50.3 Å². The predicted molar refractivity (Wildman–Crippen MR) is 146 cm³/mol. The van der Waals surface area contributed by atoms with Crippen molar-refractivity contribution >= 4 is 11.0 Å². The Morgan fingerprint density at radius 3 is 2.58 bits per heavy atom. The molecule has 0 amide bonds. The molecule has 0 saturated heterocycles. The van der Waals surface area contributed by atoms with Crippen molar-refractivity contribution in [1.29, 1.82) is 0 Å². The Kier molecular flexibility index (Phi) is 8.32. The Labute approximate surface area is 214 Å². The van der Waals surface area contributed by atoms with Gasteiger partial charge in [0.25, 0.3) is 0 Å². The molecule has 4 aromatic rings. The Bertz CT molecular complexity index is 1320. The van der Waals surface area contributed by atoms with Gasteiger partial charge in [-0.25, -0.2) is 4.98 Å². The average Bonchev–Trinajstić information content (AvgIpc) is 3.23. The first-order chi connectivity index (χ1) is 17.5. The Morgan fingerprint density at radius 1 is 0.972 bits per heavy atom. The lowest BCUT2D eigenvalue weighted by Crippen LogP contribution is -2.11. The molecule has 0 radical (unpaired) electrons. The van der Waals surface area contributed by atoms with E-state index >= 15 is 0 Å². The molecule has 1 heterocycles. The Hall–Kier alpha value is -3.73. The molecule has 36 heavy (non-hydrogen) atoms. The molecule has 0 atom stereocenters. The highest BCUT2D eigenvalue weighted by Gasteiger charge is 2.14. The fourth-order valence-corrected chi connectivity index (χ4v) is 4.40. The van der Waals surface area contributed by atoms with Gasteiger partial charge in [0.1, 0.15) is 18.2 Å². The predicted octanol–water partition coefficient (Wildman–Crippen LogP) is 7.25. The van der Waals surface area contributed by atoms with Crippen LogP contribution in [0.15, 0.2) is 73.3 Å². The largest absolute Gasteiger partial charge is 0.493 e. The van der Waals surface area contributed by atoms with Gasteiger partial charge in [0, 0.05) is 6.54 Å². The zero-order valence-corrected chi connectivity index (χ0v) is 21.8. The van der Waals surface area contributed by atoms with Crippen LogP contribution in [0.4, 0.5) is 0 Å². The van der Waals surface area contributed by atoms with Crippen LogP contribution in [0.3, 0.4) is 0 Å². The quantitative estimate of drug-likeness (QED) is 0.157. The van der Waals surface area contributed by atoms with Gasteiger partial charge in [0.05, 0.1) is 24.8 Å².